The zero-order valence-corrected chi connectivity index (χ0v) is 15.7. The van der Waals surface area contributed by atoms with Crippen molar-refractivity contribution in [2.24, 2.45) is 5.73 Å². The molecule has 1 fully saturated rings. The van der Waals surface area contributed by atoms with Crippen molar-refractivity contribution >= 4 is 24.2 Å². The first-order valence-corrected chi connectivity index (χ1v) is 8.41. The van der Waals surface area contributed by atoms with E-state index < -0.39 is 0 Å². The number of piperidine rings is 1. The molecule has 140 valence electrons. The molecule has 1 aliphatic rings. The van der Waals surface area contributed by atoms with E-state index in [1.165, 1.54) is 0 Å². The zero-order chi connectivity index (χ0) is 17.5. The van der Waals surface area contributed by atoms with Crippen molar-refractivity contribution in [3.05, 3.63) is 35.4 Å². The molecule has 0 radical (unpaired) electrons. The summed E-state index contributed by atoms with van der Waals surface area (Å²) >= 11 is 0. The molecule has 1 heterocycles. The van der Waals surface area contributed by atoms with E-state index in [4.69, 9.17) is 10.5 Å². The molecule has 1 saturated heterocycles. The van der Waals surface area contributed by atoms with E-state index in [-0.39, 0.29) is 42.8 Å². The largest absolute Gasteiger partial charge is 0.380 e. The van der Waals surface area contributed by atoms with E-state index in [1.807, 2.05) is 36.1 Å². The van der Waals surface area contributed by atoms with E-state index in [2.05, 4.69) is 5.32 Å². The van der Waals surface area contributed by atoms with E-state index >= 15 is 0 Å². The van der Waals surface area contributed by atoms with Crippen molar-refractivity contribution in [3.63, 3.8) is 0 Å². The molecule has 0 aromatic heterocycles. The van der Waals surface area contributed by atoms with Crippen molar-refractivity contribution in [2.75, 3.05) is 26.7 Å². The Hall–Kier alpha value is -1.63. The summed E-state index contributed by atoms with van der Waals surface area (Å²) in [6.45, 7) is 3.64. The highest BCUT2D eigenvalue weighted by Gasteiger charge is 2.25. The molecule has 0 aliphatic carbocycles. The van der Waals surface area contributed by atoms with Gasteiger partial charge in [-0.3, -0.25) is 9.59 Å². The smallest absolute Gasteiger partial charge is 0.253 e. The quantitative estimate of drug-likeness (QED) is 0.795. The van der Waals surface area contributed by atoms with Gasteiger partial charge < -0.3 is 20.7 Å². The normalized spacial score (nSPS) is 16.0. The van der Waals surface area contributed by atoms with Gasteiger partial charge in [0.2, 0.25) is 5.91 Å². The van der Waals surface area contributed by atoms with Crippen LogP contribution < -0.4 is 11.1 Å². The Morgan fingerprint density at radius 2 is 1.88 bits per heavy atom. The highest BCUT2D eigenvalue weighted by Crippen LogP contribution is 2.15. The first-order valence-electron chi connectivity index (χ1n) is 8.41. The molecule has 1 atom stereocenters. The van der Waals surface area contributed by atoms with Crippen molar-refractivity contribution < 1.29 is 14.3 Å². The fraction of sp³-hybridized carbons (Fsp3) is 0.556. The first-order chi connectivity index (χ1) is 11.5. The van der Waals surface area contributed by atoms with Crippen LogP contribution in [-0.2, 0) is 9.53 Å². The number of methoxy groups -OCH3 is 1. The minimum absolute atomic E-state index is 0. The molecular formula is C18H28ClN3O3. The highest BCUT2D eigenvalue weighted by atomic mass is 35.5. The lowest BCUT2D eigenvalue weighted by molar-refractivity contribution is -0.124. The monoisotopic (exact) mass is 369 g/mol. The molecule has 0 saturated carbocycles. The molecule has 0 spiro atoms. The van der Waals surface area contributed by atoms with Crippen LogP contribution in [0, 0.1) is 6.92 Å². The van der Waals surface area contributed by atoms with Gasteiger partial charge >= 0.3 is 0 Å². The highest BCUT2D eigenvalue weighted by molar-refractivity contribution is 5.94. The van der Waals surface area contributed by atoms with E-state index in [1.54, 1.807) is 7.11 Å². The molecule has 3 N–H and O–H groups in total. The molecule has 6 nitrogen and oxygen atoms in total. The third-order valence-electron chi connectivity index (χ3n) is 4.46. The molecule has 7 heteroatoms. The van der Waals surface area contributed by atoms with Crippen molar-refractivity contribution in [1.82, 2.24) is 10.2 Å². The zero-order valence-electron chi connectivity index (χ0n) is 14.9. The summed E-state index contributed by atoms with van der Waals surface area (Å²) in [6.07, 6.45) is 1.57. The van der Waals surface area contributed by atoms with Crippen molar-refractivity contribution in [2.45, 2.75) is 38.3 Å². The number of carbonyl (C=O) groups is 2. The molecule has 1 unspecified atom stereocenters. The number of nitrogens with one attached hydrogen (secondary N) is 1. The van der Waals surface area contributed by atoms with Crippen LogP contribution in [0.15, 0.2) is 24.3 Å². The van der Waals surface area contributed by atoms with Gasteiger partial charge in [0, 0.05) is 38.3 Å². The van der Waals surface area contributed by atoms with Crippen LogP contribution in [0.4, 0.5) is 0 Å². The Morgan fingerprint density at radius 1 is 1.28 bits per heavy atom. The number of rotatable bonds is 6. The maximum absolute atomic E-state index is 12.5. The fourth-order valence-corrected chi connectivity index (χ4v) is 2.86. The number of hydrogen-bond acceptors (Lipinski definition) is 4. The lowest BCUT2D eigenvalue weighted by atomic mass is 10.0. The molecule has 1 aromatic carbocycles. The van der Waals surface area contributed by atoms with Gasteiger partial charge in [0.05, 0.1) is 12.5 Å². The van der Waals surface area contributed by atoms with Gasteiger partial charge in [0.15, 0.2) is 0 Å². The van der Waals surface area contributed by atoms with Crippen LogP contribution in [0.3, 0.4) is 0 Å². The number of ether oxygens (including phenoxy) is 1. The van der Waals surface area contributed by atoms with Crippen molar-refractivity contribution in [3.8, 4) is 0 Å². The molecule has 2 rings (SSSR count). The number of nitrogens with two attached hydrogens (primary N) is 1. The SMILES string of the molecule is COC(CN)CC(=O)NC1CCN(C(=O)c2ccc(C)cc2)CC1.Cl. The first kappa shape index (κ1) is 21.4. The number of benzene rings is 1. The molecule has 25 heavy (non-hydrogen) atoms. The van der Waals surface area contributed by atoms with Gasteiger partial charge in [-0.25, -0.2) is 0 Å². The van der Waals surface area contributed by atoms with Crippen LogP contribution in [-0.4, -0.2) is 55.6 Å². The standard InChI is InChI=1S/C18H27N3O3.ClH/c1-13-3-5-14(6-4-13)18(23)21-9-7-15(8-10-21)20-17(22)11-16(12-19)24-2;/h3-6,15-16H,7-12,19H2,1-2H3,(H,20,22);1H. The van der Waals surface area contributed by atoms with Gasteiger partial charge in [-0.1, -0.05) is 17.7 Å². The summed E-state index contributed by atoms with van der Waals surface area (Å²) in [6, 6.07) is 7.73. The van der Waals surface area contributed by atoms with Crippen LogP contribution in [0.2, 0.25) is 0 Å². The number of likely N-dealkylation sites (tertiary alicyclic amines) is 1. The molecule has 0 bridgehead atoms. The number of amides is 2. The van der Waals surface area contributed by atoms with E-state index in [0.717, 1.165) is 18.4 Å². The van der Waals surface area contributed by atoms with Gasteiger partial charge in [-0.15, -0.1) is 12.4 Å². The molecular weight excluding hydrogens is 342 g/mol. The van der Waals surface area contributed by atoms with Crippen LogP contribution in [0.5, 0.6) is 0 Å². The Labute approximate surface area is 155 Å². The summed E-state index contributed by atoms with van der Waals surface area (Å²) < 4.78 is 5.13. The second kappa shape index (κ2) is 10.4. The second-order valence-corrected chi connectivity index (χ2v) is 6.30. The van der Waals surface area contributed by atoms with Crippen LogP contribution >= 0.6 is 12.4 Å². The second-order valence-electron chi connectivity index (χ2n) is 6.30. The van der Waals surface area contributed by atoms with E-state index in [0.29, 0.717) is 25.2 Å². The van der Waals surface area contributed by atoms with E-state index in [9.17, 15) is 9.59 Å². The number of halogens is 1. The lowest BCUT2D eigenvalue weighted by Crippen LogP contribution is -2.47. The minimum atomic E-state index is -0.242. The van der Waals surface area contributed by atoms with Gasteiger partial charge in [0.25, 0.3) is 5.91 Å². The topological polar surface area (TPSA) is 84.7 Å². The van der Waals surface area contributed by atoms with Gasteiger partial charge in [-0.05, 0) is 31.9 Å². The number of carbonyl (C=O) groups excluding carboxylic acids is 2. The maximum atomic E-state index is 12.5. The summed E-state index contributed by atoms with van der Waals surface area (Å²) in [5.41, 5.74) is 7.39. The van der Waals surface area contributed by atoms with Crippen LogP contribution in [0.1, 0.15) is 35.2 Å². The Kier molecular flexibility index (Phi) is 8.89. The Bertz CT molecular complexity index is 553. The predicted molar refractivity (Wildman–Crippen MR) is 100.0 cm³/mol. The maximum Gasteiger partial charge on any atom is 0.253 e. The minimum Gasteiger partial charge on any atom is -0.380 e. The lowest BCUT2D eigenvalue weighted by Gasteiger charge is -2.32. The van der Waals surface area contributed by atoms with Gasteiger partial charge in [-0.2, -0.15) is 0 Å². The van der Waals surface area contributed by atoms with Gasteiger partial charge in [0.1, 0.15) is 0 Å². The van der Waals surface area contributed by atoms with Crippen LogP contribution in [0.25, 0.3) is 0 Å². The Balaban J connectivity index is 0.00000312. The molecule has 2 amide bonds. The molecule has 1 aliphatic heterocycles. The summed E-state index contributed by atoms with van der Waals surface area (Å²) in [5, 5.41) is 3.01. The predicted octanol–water partition coefficient (Wildman–Crippen LogP) is 1.50. The Morgan fingerprint density at radius 3 is 2.40 bits per heavy atom. The third-order valence-corrected chi connectivity index (χ3v) is 4.46. The fourth-order valence-electron chi connectivity index (χ4n) is 2.86. The number of hydrogen-bond donors (Lipinski definition) is 2. The average Bonchev–Trinajstić information content (AvgIpc) is 2.60. The molecule has 1 aromatic rings. The summed E-state index contributed by atoms with van der Waals surface area (Å²) in [5.74, 6) is 0.0120. The number of nitrogens with zero attached hydrogens (tertiary/aromatic N) is 1. The summed E-state index contributed by atoms with van der Waals surface area (Å²) in [4.78, 5) is 26.3. The third kappa shape index (κ3) is 6.30. The average molecular weight is 370 g/mol. The number of aryl methyl sites for hydroxylation is 1. The summed E-state index contributed by atoms with van der Waals surface area (Å²) in [7, 11) is 1.56. The van der Waals surface area contributed by atoms with Crippen molar-refractivity contribution in [1.29, 1.82) is 0 Å².